The van der Waals surface area contributed by atoms with E-state index in [2.05, 4.69) is 46.8 Å². The molecule has 1 fully saturated rings. The molecule has 0 radical (unpaired) electrons. The van der Waals surface area contributed by atoms with Gasteiger partial charge in [0.25, 0.3) is 0 Å². The molecular formula is C15H28N4O. The summed E-state index contributed by atoms with van der Waals surface area (Å²) in [5.74, 6) is 0. The molecule has 114 valence electrons. The van der Waals surface area contributed by atoms with Gasteiger partial charge in [0, 0.05) is 38.8 Å². The Balaban J connectivity index is 1.80. The van der Waals surface area contributed by atoms with E-state index >= 15 is 0 Å². The minimum Gasteiger partial charge on any atom is -0.379 e. The van der Waals surface area contributed by atoms with E-state index in [-0.39, 0.29) is 0 Å². The van der Waals surface area contributed by atoms with Gasteiger partial charge in [0.05, 0.1) is 24.6 Å². The highest BCUT2D eigenvalue weighted by atomic mass is 16.5. The molecule has 1 aromatic rings. The molecule has 0 saturated carbocycles. The predicted octanol–water partition coefficient (Wildman–Crippen LogP) is 1.28. The first-order valence-corrected chi connectivity index (χ1v) is 7.82. The third-order valence-corrected chi connectivity index (χ3v) is 3.84. The van der Waals surface area contributed by atoms with E-state index in [4.69, 9.17) is 4.74 Å². The lowest BCUT2D eigenvalue weighted by Gasteiger charge is -2.29. The molecule has 20 heavy (non-hydrogen) atoms. The van der Waals surface area contributed by atoms with Gasteiger partial charge in [-0.15, -0.1) is 0 Å². The lowest BCUT2D eigenvalue weighted by atomic mass is 10.2. The molecule has 2 rings (SSSR count). The summed E-state index contributed by atoms with van der Waals surface area (Å²) in [6.45, 7) is 13.3. The van der Waals surface area contributed by atoms with Crippen LogP contribution in [-0.4, -0.2) is 53.6 Å². The van der Waals surface area contributed by atoms with Gasteiger partial charge in [0.2, 0.25) is 0 Å². The first kappa shape index (κ1) is 15.5. The fourth-order valence-electron chi connectivity index (χ4n) is 2.62. The topological polar surface area (TPSA) is 42.3 Å². The number of nitrogens with one attached hydrogen (secondary N) is 1. The van der Waals surface area contributed by atoms with Crippen molar-refractivity contribution in [3.05, 3.63) is 17.5 Å². The summed E-state index contributed by atoms with van der Waals surface area (Å²) in [5, 5.41) is 8.21. The zero-order valence-corrected chi connectivity index (χ0v) is 13.1. The fourth-order valence-corrected chi connectivity index (χ4v) is 2.62. The third-order valence-electron chi connectivity index (χ3n) is 3.84. The number of nitrogens with zero attached hydrogens (tertiary/aromatic N) is 3. The van der Waals surface area contributed by atoms with Crippen molar-refractivity contribution in [3.8, 4) is 0 Å². The smallest absolute Gasteiger partial charge is 0.0625 e. The van der Waals surface area contributed by atoms with E-state index in [0.717, 1.165) is 52.4 Å². The molecule has 1 atom stereocenters. The predicted molar refractivity (Wildman–Crippen MR) is 80.8 cm³/mol. The largest absolute Gasteiger partial charge is 0.379 e. The molecule has 2 heterocycles. The van der Waals surface area contributed by atoms with Crippen molar-refractivity contribution in [3.63, 3.8) is 0 Å². The average molecular weight is 280 g/mol. The van der Waals surface area contributed by atoms with Crippen LogP contribution in [0.3, 0.4) is 0 Å². The Bertz CT molecular complexity index is 399. The molecule has 0 aliphatic carbocycles. The van der Waals surface area contributed by atoms with Crippen LogP contribution in [0, 0.1) is 0 Å². The molecular weight excluding hydrogens is 252 g/mol. The lowest BCUT2D eigenvalue weighted by molar-refractivity contribution is 0.0343. The standard InChI is InChI=1S/C15H28N4O/c1-4-14-10-15(19(5-2)17-14)11-16-13(3)12-18-6-8-20-9-7-18/h10,13,16H,4-9,11-12H2,1-3H3. The van der Waals surface area contributed by atoms with Crippen LogP contribution in [0.15, 0.2) is 6.07 Å². The van der Waals surface area contributed by atoms with E-state index in [9.17, 15) is 0 Å². The number of hydrogen-bond acceptors (Lipinski definition) is 4. The quantitative estimate of drug-likeness (QED) is 0.817. The molecule has 1 aliphatic heterocycles. The highest BCUT2D eigenvalue weighted by Gasteiger charge is 2.14. The maximum atomic E-state index is 5.38. The van der Waals surface area contributed by atoms with Crippen LogP contribution in [0.5, 0.6) is 0 Å². The normalized spacial score (nSPS) is 18.4. The Morgan fingerprint density at radius 3 is 2.75 bits per heavy atom. The average Bonchev–Trinajstić information content (AvgIpc) is 2.88. The van der Waals surface area contributed by atoms with Crippen molar-refractivity contribution in [2.75, 3.05) is 32.8 Å². The fraction of sp³-hybridized carbons (Fsp3) is 0.800. The first-order chi connectivity index (χ1) is 9.72. The molecule has 0 amide bonds. The molecule has 0 aromatic carbocycles. The van der Waals surface area contributed by atoms with Crippen molar-refractivity contribution in [2.24, 2.45) is 0 Å². The number of aryl methyl sites for hydroxylation is 2. The molecule has 0 spiro atoms. The van der Waals surface area contributed by atoms with Gasteiger partial charge in [0.15, 0.2) is 0 Å². The molecule has 1 aromatic heterocycles. The van der Waals surface area contributed by atoms with Crippen LogP contribution in [0.1, 0.15) is 32.2 Å². The second-order valence-corrected chi connectivity index (χ2v) is 5.49. The minimum absolute atomic E-state index is 0.485. The molecule has 1 saturated heterocycles. The van der Waals surface area contributed by atoms with Gasteiger partial charge in [-0.3, -0.25) is 9.58 Å². The molecule has 1 N–H and O–H groups in total. The molecule has 1 aliphatic rings. The molecule has 5 nitrogen and oxygen atoms in total. The first-order valence-electron chi connectivity index (χ1n) is 7.82. The second kappa shape index (κ2) is 7.76. The lowest BCUT2D eigenvalue weighted by Crippen LogP contribution is -2.44. The van der Waals surface area contributed by atoms with Crippen molar-refractivity contribution in [1.29, 1.82) is 0 Å². The highest BCUT2D eigenvalue weighted by Crippen LogP contribution is 2.06. The second-order valence-electron chi connectivity index (χ2n) is 5.49. The Hall–Kier alpha value is -0.910. The number of ether oxygens (including phenoxy) is 1. The van der Waals surface area contributed by atoms with Crippen LogP contribution in [0.2, 0.25) is 0 Å². The molecule has 1 unspecified atom stereocenters. The Labute approximate surface area is 122 Å². The van der Waals surface area contributed by atoms with Gasteiger partial charge in [-0.2, -0.15) is 5.10 Å². The summed E-state index contributed by atoms with van der Waals surface area (Å²) in [4.78, 5) is 2.47. The summed E-state index contributed by atoms with van der Waals surface area (Å²) in [7, 11) is 0. The van der Waals surface area contributed by atoms with Crippen molar-refractivity contribution in [1.82, 2.24) is 20.0 Å². The Kier molecular flexibility index (Phi) is 6.01. The van der Waals surface area contributed by atoms with Crippen LogP contribution >= 0.6 is 0 Å². The van der Waals surface area contributed by atoms with Gasteiger partial charge >= 0.3 is 0 Å². The summed E-state index contributed by atoms with van der Waals surface area (Å²) < 4.78 is 7.49. The van der Waals surface area contributed by atoms with Crippen LogP contribution < -0.4 is 5.32 Å². The maximum Gasteiger partial charge on any atom is 0.0625 e. The van der Waals surface area contributed by atoms with Gasteiger partial charge in [-0.1, -0.05) is 6.92 Å². The Morgan fingerprint density at radius 2 is 2.10 bits per heavy atom. The highest BCUT2D eigenvalue weighted by molar-refractivity contribution is 5.10. The van der Waals surface area contributed by atoms with E-state index < -0.39 is 0 Å². The number of rotatable bonds is 7. The number of aromatic nitrogens is 2. The van der Waals surface area contributed by atoms with Crippen LogP contribution in [-0.2, 0) is 24.2 Å². The van der Waals surface area contributed by atoms with Gasteiger partial charge in [-0.25, -0.2) is 0 Å². The van der Waals surface area contributed by atoms with Gasteiger partial charge in [0.1, 0.15) is 0 Å². The molecule has 0 bridgehead atoms. The van der Waals surface area contributed by atoms with E-state index in [1.54, 1.807) is 0 Å². The van der Waals surface area contributed by atoms with Crippen LogP contribution in [0.4, 0.5) is 0 Å². The van der Waals surface area contributed by atoms with Gasteiger partial charge in [-0.05, 0) is 26.3 Å². The van der Waals surface area contributed by atoms with E-state index in [1.807, 2.05) is 0 Å². The zero-order valence-electron chi connectivity index (χ0n) is 13.1. The monoisotopic (exact) mass is 280 g/mol. The minimum atomic E-state index is 0.485. The summed E-state index contributed by atoms with van der Waals surface area (Å²) in [6.07, 6.45) is 1.00. The third kappa shape index (κ3) is 4.30. The van der Waals surface area contributed by atoms with Gasteiger partial charge < -0.3 is 10.1 Å². The Morgan fingerprint density at radius 1 is 1.35 bits per heavy atom. The van der Waals surface area contributed by atoms with Crippen LogP contribution in [0.25, 0.3) is 0 Å². The summed E-state index contributed by atoms with van der Waals surface area (Å²) in [5.41, 5.74) is 2.47. The molecule has 5 heteroatoms. The van der Waals surface area contributed by atoms with Crippen molar-refractivity contribution < 1.29 is 4.74 Å². The van der Waals surface area contributed by atoms with E-state index in [0.29, 0.717) is 6.04 Å². The maximum absolute atomic E-state index is 5.38. The van der Waals surface area contributed by atoms with E-state index in [1.165, 1.54) is 11.4 Å². The number of morpholine rings is 1. The summed E-state index contributed by atoms with van der Waals surface area (Å²) >= 11 is 0. The number of hydrogen-bond donors (Lipinski definition) is 1. The SMILES string of the molecule is CCc1cc(CNC(C)CN2CCOCC2)n(CC)n1. The van der Waals surface area contributed by atoms with Crippen molar-refractivity contribution >= 4 is 0 Å². The summed E-state index contributed by atoms with van der Waals surface area (Å²) in [6, 6.07) is 2.70. The zero-order chi connectivity index (χ0) is 14.4. The van der Waals surface area contributed by atoms with Crippen molar-refractivity contribution in [2.45, 2.75) is 46.3 Å².